The van der Waals surface area contributed by atoms with E-state index in [9.17, 15) is 5.11 Å². The van der Waals surface area contributed by atoms with Gasteiger partial charge in [-0.25, -0.2) is 9.97 Å². The molecule has 0 fully saturated rings. The maximum atomic E-state index is 9.53. The molecule has 1 aliphatic rings. The minimum Gasteiger partial charge on any atom is -0.390 e. The SMILES string of the molecule is C[Si](C)(C)CCOCn1ccc2c(N3CCc4[nH]nc(CO)c4C3)ncnc21. The van der Waals surface area contributed by atoms with Crippen LogP contribution in [0.25, 0.3) is 11.0 Å². The number of fused-ring (bicyclic) bond motifs is 2. The Kier molecular flexibility index (Phi) is 5.22. The summed E-state index contributed by atoms with van der Waals surface area (Å²) in [5.41, 5.74) is 3.80. The highest BCUT2D eigenvalue weighted by Crippen LogP contribution is 2.29. The molecule has 0 atom stereocenters. The first-order valence-electron chi connectivity index (χ1n) is 9.74. The molecule has 4 rings (SSSR count). The number of rotatable bonds is 7. The van der Waals surface area contributed by atoms with Gasteiger partial charge in [0, 0.05) is 51.6 Å². The summed E-state index contributed by atoms with van der Waals surface area (Å²) in [6.07, 6.45) is 4.49. The van der Waals surface area contributed by atoms with Crippen LogP contribution in [0.15, 0.2) is 18.6 Å². The Balaban J connectivity index is 1.52. The molecule has 8 nitrogen and oxygen atoms in total. The van der Waals surface area contributed by atoms with E-state index >= 15 is 0 Å². The maximum absolute atomic E-state index is 9.53. The van der Waals surface area contributed by atoms with Crippen LogP contribution < -0.4 is 4.90 Å². The van der Waals surface area contributed by atoms with Crippen molar-refractivity contribution >= 4 is 24.9 Å². The molecule has 0 saturated carbocycles. The van der Waals surface area contributed by atoms with Gasteiger partial charge in [0.25, 0.3) is 0 Å². The fourth-order valence-corrected chi connectivity index (χ4v) is 4.31. The summed E-state index contributed by atoms with van der Waals surface area (Å²) in [5.74, 6) is 0.918. The molecule has 0 bridgehead atoms. The van der Waals surface area contributed by atoms with E-state index in [-0.39, 0.29) is 6.61 Å². The van der Waals surface area contributed by atoms with Crippen LogP contribution >= 0.6 is 0 Å². The number of H-pyrrole nitrogens is 1. The Morgan fingerprint density at radius 2 is 2.14 bits per heavy atom. The van der Waals surface area contributed by atoms with E-state index in [2.05, 4.69) is 50.8 Å². The summed E-state index contributed by atoms with van der Waals surface area (Å²) in [6, 6.07) is 3.21. The monoisotopic (exact) mass is 400 g/mol. The first kappa shape index (κ1) is 19.1. The molecule has 1 aliphatic heterocycles. The molecule has 0 aromatic carbocycles. The maximum Gasteiger partial charge on any atom is 0.147 e. The molecular formula is C19H28N6O2Si. The van der Waals surface area contributed by atoms with Crippen molar-refractivity contribution in [2.75, 3.05) is 18.1 Å². The number of aromatic nitrogens is 5. The number of hydrogen-bond acceptors (Lipinski definition) is 6. The lowest BCUT2D eigenvalue weighted by atomic mass is 10.1. The summed E-state index contributed by atoms with van der Waals surface area (Å²) in [7, 11) is -1.09. The summed E-state index contributed by atoms with van der Waals surface area (Å²) in [4.78, 5) is 11.3. The molecule has 0 radical (unpaired) electrons. The van der Waals surface area contributed by atoms with Gasteiger partial charge in [-0.2, -0.15) is 5.10 Å². The highest BCUT2D eigenvalue weighted by molar-refractivity contribution is 6.76. The van der Waals surface area contributed by atoms with Gasteiger partial charge in [0.15, 0.2) is 0 Å². The number of aliphatic hydroxyl groups excluding tert-OH is 1. The minimum absolute atomic E-state index is 0.0516. The highest BCUT2D eigenvalue weighted by atomic mass is 28.3. The molecule has 2 N–H and O–H groups in total. The summed E-state index contributed by atoms with van der Waals surface area (Å²) < 4.78 is 7.94. The van der Waals surface area contributed by atoms with Crippen molar-refractivity contribution in [3.63, 3.8) is 0 Å². The standard InChI is InChI=1S/C19H28N6O2Si/c1-28(2,3)9-8-27-13-25-6-4-14-18(20-12-21-19(14)25)24-7-5-16-15(10-24)17(11-26)23-22-16/h4,6,12,26H,5,7-11,13H2,1-3H3,(H,22,23). The van der Waals surface area contributed by atoms with Crippen LogP contribution in [0.5, 0.6) is 0 Å². The molecule has 0 spiro atoms. The lowest BCUT2D eigenvalue weighted by Gasteiger charge is -2.28. The third-order valence-corrected chi connectivity index (χ3v) is 6.93. The Morgan fingerprint density at radius 3 is 2.93 bits per heavy atom. The van der Waals surface area contributed by atoms with Gasteiger partial charge < -0.3 is 19.3 Å². The van der Waals surface area contributed by atoms with E-state index in [0.717, 1.165) is 59.4 Å². The number of nitrogens with zero attached hydrogens (tertiary/aromatic N) is 5. The van der Waals surface area contributed by atoms with Gasteiger partial charge in [-0.1, -0.05) is 19.6 Å². The van der Waals surface area contributed by atoms with Crippen LogP contribution in [0.3, 0.4) is 0 Å². The first-order valence-corrected chi connectivity index (χ1v) is 13.5. The van der Waals surface area contributed by atoms with E-state index in [0.29, 0.717) is 13.3 Å². The molecule has 3 aromatic heterocycles. The number of nitrogens with one attached hydrogen (secondary N) is 1. The smallest absolute Gasteiger partial charge is 0.147 e. The number of aromatic amines is 1. The van der Waals surface area contributed by atoms with Gasteiger partial charge in [0.2, 0.25) is 0 Å². The summed E-state index contributed by atoms with van der Waals surface area (Å²) in [6.45, 7) is 9.84. The lowest BCUT2D eigenvalue weighted by molar-refractivity contribution is 0.0899. The average Bonchev–Trinajstić information content (AvgIpc) is 3.27. The Labute approximate surface area is 165 Å². The lowest BCUT2D eigenvalue weighted by Crippen LogP contribution is -2.31. The van der Waals surface area contributed by atoms with Gasteiger partial charge in [-0.3, -0.25) is 5.10 Å². The van der Waals surface area contributed by atoms with Crippen LogP contribution in [0.1, 0.15) is 17.0 Å². The van der Waals surface area contributed by atoms with Crippen LogP contribution in [-0.4, -0.2) is 51.1 Å². The summed E-state index contributed by atoms with van der Waals surface area (Å²) >= 11 is 0. The topological polar surface area (TPSA) is 92.1 Å². The van der Waals surface area contributed by atoms with Crippen LogP contribution in [0, 0.1) is 0 Å². The fourth-order valence-electron chi connectivity index (χ4n) is 3.55. The molecule has 150 valence electrons. The average molecular weight is 401 g/mol. The molecule has 28 heavy (non-hydrogen) atoms. The highest BCUT2D eigenvalue weighted by Gasteiger charge is 2.24. The minimum atomic E-state index is -1.09. The van der Waals surface area contributed by atoms with E-state index in [1.165, 1.54) is 0 Å². The van der Waals surface area contributed by atoms with Crippen LogP contribution in [0.4, 0.5) is 5.82 Å². The second-order valence-corrected chi connectivity index (χ2v) is 14.1. The third kappa shape index (κ3) is 3.82. The van der Waals surface area contributed by atoms with Crippen LogP contribution in [-0.2, 0) is 31.0 Å². The molecule has 4 heterocycles. The molecule has 9 heteroatoms. The van der Waals surface area contributed by atoms with Crippen molar-refractivity contribution in [2.24, 2.45) is 0 Å². The van der Waals surface area contributed by atoms with E-state index in [4.69, 9.17) is 4.74 Å². The van der Waals surface area contributed by atoms with Gasteiger partial charge >= 0.3 is 0 Å². The van der Waals surface area contributed by atoms with Crippen molar-refractivity contribution in [2.45, 2.75) is 52.0 Å². The first-order chi connectivity index (χ1) is 13.5. The molecular weight excluding hydrogens is 372 g/mol. The predicted molar refractivity (Wildman–Crippen MR) is 111 cm³/mol. The van der Waals surface area contributed by atoms with E-state index < -0.39 is 8.07 Å². The van der Waals surface area contributed by atoms with Crippen LogP contribution in [0.2, 0.25) is 25.7 Å². The molecule has 0 amide bonds. The quantitative estimate of drug-likeness (QED) is 0.468. The zero-order valence-electron chi connectivity index (χ0n) is 16.8. The second-order valence-electron chi connectivity index (χ2n) is 8.53. The Hall–Kier alpha value is -2.23. The van der Waals surface area contributed by atoms with Crippen molar-refractivity contribution in [3.05, 3.63) is 35.5 Å². The number of aliphatic hydroxyl groups is 1. The molecule has 0 unspecified atom stereocenters. The largest absolute Gasteiger partial charge is 0.390 e. The molecule has 0 saturated heterocycles. The van der Waals surface area contributed by atoms with Gasteiger partial charge in [-0.05, 0) is 12.1 Å². The Bertz CT molecular complexity index is 948. The zero-order chi connectivity index (χ0) is 19.7. The molecule has 0 aliphatic carbocycles. The number of anilines is 1. The third-order valence-electron chi connectivity index (χ3n) is 5.23. The zero-order valence-corrected chi connectivity index (χ0v) is 17.8. The van der Waals surface area contributed by atoms with Crippen molar-refractivity contribution in [1.29, 1.82) is 0 Å². The number of hydrogen-bond donors (Lipinski definition) is 2. The van der Waals surface area contributed by atoms with Gasteiger partial charge in [-0.15, -0.1) is 0 Å². The predicted octanol–water partition coefficient (Wildman–Crippen LogP) is 2.52. The van der Waals surface area contributed by atoms with Crippen molar-refractivity contribution in [1.82, 2.24) is 24.7 Å². The van der Waals surface area contributed by atoms with E-state index in [1.54, 1.807) is 6.33 Å². The normalized spacial score (nSPS) is 14.6. The molecule has 3 aromatic rings. The Morgan fingerprint density at radius 1 is 1.29 bits per heavy atom. The van der Waals surface area contributed by atoms with E-state index in [1.807, 2.05) is 10.8 Å². The van der Waals surface area contributed by atoms with Crippen molar-refractivity contribution in [3.8, 4) is 0 Å². The second kappa shape index (κ2) is 7.65. The number of ether oxygens (including phenoxy) is 1. The van der Waals surface area contributed by atoms with Gasteiger partial charge in [0.05, 0.1) is 17.7 Å². The van der Waals surface area contributed by atoms with Crippen molar-refractivity contribution < 1.29 is 9.84 Å². The fraction of sp³-hybridized carbons (Fsp3) is 0.526. The summed E-state index contributed by atoms with van der Waals surface area (Å²) in [5, 5.41) is 17.8. The van der Waals surface area contributed by atoms with Gasteiger partial charge in [0.1, 0.15) is 24.5 Å².